The molecule has 130 valence electrons. The Hall–Kier alpha value is -3.21. The van der Waals surface area contributed by atoms with Crippen LogP contribution in [0.25, 0.3) is 10.9 Å². The van der Waals surface area contributed by atoms with Crippen LogP contribution in [0.4, 0.5) is 5.82 Å². The van der Waals surface area contributed by atoms with E-state index in [1.165, 1.54) is 5.56 Å². The van der Waals surface area contributed by atoms with Gasteiger partial charge in [0.15, 0.2) is 0 Å². The van der Waals surface area contributed by atoms with Gasteiger partial charge in [-0.3, -0.25) is 4.68 Å². The molecule has 2 aromatic heterocycles. The predicted octanol–water partition coefficient (Wildman–Crippen LogP) is 4.36. The molecule has 0 aliphatic rings. The molecular formula is C21H21N5. The fourth-order valence-corrected chi connectivity index (χ4v) is 3.10. The zero-order chi connectivity index (χ0) is 17.9. The molecule has 0 saturated heterocycles. The van der Waals surface area contributed by atoms with E-state index in [2.05, 4.69) is 64.7 Å². The van der Waals surface area contributed by atoms with Crippen molar-refractivity contribution in [2.75, 3.05) is 5.32 Å². The minimum absolute atomic E-state index is 0.0955. The average molecular weight is 343 g/mol. The standard InChI is InChI=1S/C21H21N5/c1-15-7-6-10-19-20(15)22-14-23-21(19)25-16(2)18-11-24-26(13-18)12-17-8-4-3-5-9-17/h3-11,13-14,16H,12H2,1-2H3,(H,22,23,25). The Balaban J connectivity index is 1.54. The van der Waals surface area contributed by atoms with Crippen molar-refractivity contribution < 1.29 is 0 Å². The highest BCUT2D eigenvalue weighted by molar-refractivity contribution is 5.90. The van der Waals surface area contributed by atoms with E-state index in [1.807, 2.05) is 35.1 Å². The second kappa shape index (κ2) is 6.96. The summed E-state index contributed by atoms with van der Waals surface area (Å²) in [5, 5.41) is 9.03. The van der Waals surface area contributed by atoms with E-state index in [0.717, 1.165) is 34.4 Å². The molecule has 5 heteroatoms. The number of rotatable bonds is 5. The molecule has 0 spiro atoms. The molecule has 0 amide bonds. The molecule has 0 fully saturated rings. The van der Waals surface area contributed by atoms with Gasteiger partial charge in [0.25, 0.3) is 0 Å². The first-order valence-corrected chi connectivity index (χ1v) is 8.74. The molecule has 1 unspecified atom stereocenters. The first-order valence-electron chi connectivity index (χ1n) is 8.74. The van der Waals surface area contributed by atoms with E-state index < -0.39 is 0 Å². The average Bonchev–Trinajstić information content (AvgIpc) is 3.12. The summed E-state index contributed by atoms with van der Waals surface area (Å²) < 4.78 is 1.96. The second-order valence-corrected chi connectivity index (χ2v) is 6.52. The number of fused-ring (bicyclic) bond motifs is 1. The molecule has 0 saturated carbocycles. The number of hydrogen-bond donors (Lipinski definition) is 1. The SMILES string of the molecule is Cc1cccc2c(NC(C)c3cnn(Cc4ccccc4)c3)ncnc12. The second-order valence-electron chi connectivity index (χ2n) is 6.52. The van der Waals surface area contributed by atoms with Crippen molar-refractivity contribution in [3.63, 3.8) is 0 Å². The van der Waals surface area contributed by atoms with Crippen molar-refractivity contribution in [3.05, 3.63) is 83.9 Å². The van der Waals surface area contributed by atoms with Crippen molar-refractivity contribution in [1.82, 2.24) is 19.7 Å². The van der Waals surface area contributed by atoms with E-state index in [-0.39, 0.29) is 6.04 Å². The minimum atomic E-state index is 0.0955. The summed E-state index contributed by atoms with van der Waals surface area (Å²) in [6, 6.07) is 16.6. The number of hydrogen-bond acceptors (Lipinski definition) is 4. The van der Waals surface area contributed by atoms with Crippen LogP contribution in [0.15, 0.2) is 67.3 Å². The molecule has 1 atom stereocenters. The number of benzene rings is 2. The molecule has 1 N–H and O–H groups in total. The molecular weight excluding hydrogens is 322 g/mol. The Morgan fingerprint density at radius 1 is 1.04 bits per heavy atom. The summed E-state index contributed by atoms with van der Waals surface area (Å²) >= 11 is 0. The lowest BCUT2D eigenvalue weighted by molar-refractivity contribution is 0.685. The molecule has 0 bridgehead atoms. The molecule has 0 radical (unpaired) electrons. The van der Waals surface area contributed by atoms with E-state index in [1.54, 1.807) is 6.33 Å². The van der Waals surface area contributed by atoms with Crippen LogP contribution in [0.1, 0.15) is 29.7 Å². The summed E-state index contributed by atoms with van der Waals surface area (Å²) in [5.41, 5.74) is 4.49. The van der Waals surface area contributed by atoms with Crippen LogP contribution in [0, 0.1) is 6.92 Å². The van der Waals surface area contributed by atoms with Crippen molar-refractivity contribution >= 4 is 16.7 Å². The van der Waals surface area contributed by atoms with E-state index in [9.17, 15) is 0 Å². The van der Waals surface area contributed by atoms with Gasteiger partial charge in [-0.15, -0.1) is 0 Å². The third-order valence-corrected chi connectivity index (χ3v) is 4.56. The lowest BCUT2D eigenvalue weighted by atomic mass is 10.1. The van der Waals surface area contributed by atoms with Gasteiger partial charge in [0.2, 0.25) is 0 Å². The molecule has 26 heavy (non-hydrogen) atoms. The Morgan fingerprint density at radius 3 is 2.73 bits per heavy atom. The van der Waals surface area contributed by atoms with Crippen molar-refractivity contribution in [2.45, 2.75) is 26.4 Å². The van der Waals surface area contributed by atoms with Gasteiger partial charge < -0.3 is 5.32 Å². The van der Waals surface area contributed by atoms with Crippen molar-refractivity contribution in [3.8, 4) is 0 Å². The maximum absolute atomic E-state index is 4.49. The quantitative estimate of drug-likeness (QED) is 0.585. The molecule has 0 aliphatic carbocycles. The Bertz CT molecular complexity index is 1020. The largest absolute Gasteiger partial charge is 0.363 e. The van der Waals surface area contributed by atoms with Crippen LogP contribution in [0.3, 0.4) is 0 Å². The van der Waals surface area contributed by atoms with Crippen LogP contribution < -0.4 is 5.32 Å². The smallest absolute Gasteiger partial charge is 0.137 e. The zero-order valence-corrected chi connectivity index (χ0v) is 14.9. The summed E-state index contributed by atoms with van der Waals surface area (Å²) in [4.78, 5) is 8.84. The van der Waals surface area contributed by atoms with Gasteiger partial charge in [-0.1, -0.05) is 42.5 Å². The van der Waals surface area contributed by atoms with Crippen LogP contribution >= 0.6 is 0 Å². The third kappa shape index (κ3) is 3.28. The van der Waals surface area contributed by atoms with Gasteiger partial charge in [0.1, 0.15) is 12.1 Å². The highest BCUT2D eigenvalue weighted by Gasteiger charge is 2.12. The van der Waals surface area contributed by atoms with Crippen molar-refractivity contribution in [1.29, 1.82) is 0 Å². The summed E-state index contributed by atoms with van der Waals surface area (Å²) in [6.07, 6.45) is 5.61. The lowest BCUT2D eigenvalue weighted by Crippen LogP contribution is -2.08. The molecule has 0 aliphatic heterocycles. The number of para-hydroxylation sites is 1. The zero-order valence-electron chi connectivity index (χ0n) is 14.9. The van der Waals surface area contributed by atoms with Crippen LogP contribution in [-0.2, 0) is 6.54 Å². The van der Waals surface area contributed by atoms with Gasteiger partial charge in [-0.05, 0) is 31.0 Å². The molecule has 4 rings (SSSR count). The van der Waals surface area contributed by atoms with Gasteiger partial charge in [0, 0.05) is 17.1 Å². The minimum Gasteiger partial charge on any atom is -0.363 e. The highest BCUT2D eigenvalue weighted by atomic mass is 15.3. The monoisotopic (exact) mass is 343 g/mol. The third-order valence-electron chi connectivity index (χ3n) is 4.56. The predicted molar refractivity (Wildman–Crippen MR) is 104 cm³/mol. The van der Waals surface area contributed by atoms with Gasteiger partial charge >= 0.3 is 0 Å². The maximum atomic E-state index is 4.49. The Kier molecular flexibility index (Phi) is 4.35. The molecule has 4 aromatic rings. The van der Waals surface area contributed by atoms with Crippen LogP contribution in [-0.4, -0.2) is 19.7 Å². The normalized spacial score (nSPS) is 12.2. The van der Waals surface area contributed by atoms with E-state index in [0.29, 0.717) is 0 Å². The fourth-order valence-electron chi connectivity index (χ4n) is 3.10. The van der Waals surface area contributed by atoms with Crippen molar-refractivity contribution in [2.24, 2.45) is 0 Å². The number of nitrogens with one attached hydrogen (secondary N) is 1. The lowest BCUT2D eigenvalue weighted by Gasteiger charge is -2.14. The molecule has 2 aromatic carbocycles. The first kappa shape index (κ1) is 16.3. The Labute approximate surface area is 152 Å². The van der Waals surface area contributed by atoms with E-state index >= 15 is 0 Å². The van der Waals surface area contributed by atoms with Crippen LogP contribution in [0.5, 0.6) is 0 Å². The topological polar surface area (TPSA) is 55.6 Å². The summed E-state index contributed by atoms with van der Waals surface area (Å²) in [6.45, 7) is 4.95. The summed E-state index contributed by atoms with van der Waals surface area (Å²) in [7, 11) is 0. The van der Waals surface area contributed by atoms with E-state index in [4.69, 9.17) is 0 Å². The first-order chi connectivity index (χ1) is 12.7. The summed E-state index contributed by atoms with van der Waals surface area (Å²) in [5.74, 6) is 0.849. The molecule has 2 heterocycles. The van der Waals surface area contributed by atoms with Gasteiger partial charge in [0.05, 0.1) is 24.3 Å². The van der Waals surface area contributed by atoms with Gasteiger partial charge in [-0.2, -0.15) is 5.10 Å². The number of aryl methyl sites for hydroxylation is 1. The number of nitrogens with zero attached hydrogens (tertiary/aromatic N) is 4. The van der Waals surface area contributed by atoms with Gasteiger partial charge in [-0.25, -0.2) is 9.97 Å². The number of anilines is 1. The highest BCUT2D eigenvalue weighted by Crippen LogP contribution is 2.25. The maximum Gasteiger partial charge on any atom is 0.137 e. The Morgan fingerprint density at radius 2 is 1.88 bits per heavy atom. The van der Waals surface area contributed by atoms with Crippen LogP contribution in [0.2, 0.25) is 0 Å². The molecule has 5 nitrogen and oxygen atoms in total. The fraction of sp³-hybridized carbons (Fsp3) is 0.190. The number of aromatic nitrogens is 4.